The minimum absolute atomic E-state index is 0.0222. The summed E-state index contributed by atoms with van der Waals surface area (Å²) < 4.78 is 1.64. The molecule has 0 saturated heterocycles. The zero-order valence-corrected chi connectivity index (χ0v) is 17.1. The molecule has 0 spiro atoms. The summed E-state index contributed by atoms with van der Waals surface area (Å²) in [7, 11) is 0. The summed E-state index contributed by atoms with van der Waals surface area (Å²) in [5.74, 6) is 0. The number of thiazole rings is 1. The lowest BCUT2D eigenvalue weighted by atomic mass is 10.2. The molecule has 5 rings (SSSR count). The Bertz CT molecular complexity index is 1320. The summed E-state index contributed by atoms with van der Waals surface area (Å²) in [4.78, 5) is 24.0. The molecule has 6 heteroatoms. The van der Waals surface area contributed by atoms with Crippen LogP contribution in [0, 0.1) is 0 Å². The van der Waals surface area contributed by atoms with Gasteiger partial charge in [0.25, 0.3) is 5.56 Å². The van der Waals surface area contributed by atoms with Gasteiger partial charge in [0.15, 0.2) is 0 Å². The molecule has 0 atom stereocenters. The molecule has 0 aliphatic carbocycles. The Labute approximate surface area is 175 Å². The first-order valence-corrected chi connectivity index (χ1v) is 11.0. The Hall–Kier alpha value is -3.09. The second-order valence-corrected chi connectivity index (χ2v) is 8.74. The van der Waals surface area contributed by atoms with Crippen LogP contribution in [-0.2, 0) is 13.0 Å². The minimum atomic E-state index is -0.0222. The van der Waals surface area contributed by atoms with E-state index in [-0.39, 0.29) is 5.56 Å². The van der Waals surface area contributed by atoms with Crippen molar-refractivity contribution in [1.82, 2.24) is 14.5 Å². The summed E-state index contributed by atoms with van der Waals surface area (Å²) in [6.07, 6.45) is 2.44. The van der Waals surface area contributed by atoms with E-state index < -0.39 is 0 Å². The van der Waals surface area contributed by atoms with Crippen LogP contribution >= 0.6 is 22.7 Å². The second kappa shape index (κ2) is 7.73. The van der Waals surface area contributed by atoms with Gasteiger partial charge in [0.2, 0.25) is 0 Å². The smallest absolute Gasteiger partial charge is 0.262 e. The van der Waals surface area contributed by atoms with Crippen molar-refractivity contribution in [3.63, 3.8) is 0 Å². The predicted molar refractivity (Wildman–Crippen MR) is 120 cm³/mol. The summed E-state index contributed by atoms with van der Waals surface area (Å²) >= 11 is 3.18. The third-order valence-electron chi connectivity index (χ3n) is 4.71. The Morgan fingerprint density at radius 1 is 0.966 bits per heavy atom. The van der Waals surface area contributed by atoms with Crippen molar-refractivity contribution >= 4 is 32.9 Å². The molecule has 0 aliphatic rings. The Morgan fingerprint density at radius 3 is 2.52 bits per heavy atom. The quantitative estimate of drug-likeness (QED) is 0.395. The van der Waals surface area contributed by atoms with Crippen LogP contribution in [0.4, 0.5) is 0 Å². The van der Waals surface area contributed by atoms with Crippen LogP contribution in [-0.4, -0.2) is 14.5 Å². The van der Waals surface area contributed by atoms with Crippen molar-refractivity contribution in [3.05, 3.63) is 105 Å². The first kappa shape index (κ1) is 18.0. The van der Waals surface area contributed by atoms with Gasteiger partial charge in [-0.2, -0.15) is 0 Å². The summed E-state index contributed by atoms with van der Waals surface area (Å²) in [6, 6.07) is 22.3. The largest absolute Gasteiger partial charge is 0.293 e. The van der Waals surface area contributed by atoms with Gasteiger partial charge in [0.1, 0.15) is 4.83 Å². The van der Waals surface area contributed by atoms with E-state index in [1.165, 1.54) is 5.56 Å². The molecule has 0 saturated carbocycles. The zero-order valence-electron chi connectivity index (χ0n) is 15.5. The first-order chi connectivity index (χ1) is 14.3. The average Bonchev–Trinajstić information content (AvgIpc) is 3.39. The summed E-state index contributed by atoms with van der Waals surface area (Å²) in [6.45, 7) is 0.434. The fourth-order valence-corrected chi connectivity index (χ4v) is 5.08. The van der Waals surface area contributed by atoms with Crippen molar-refractivity contribution in [2.75, 3.05) is 0 Å². The zero-order chi connectivity index (χ0) is 19.6. The van der Waals surface area contributed by atoms with E-state index in [1.54, 1.807) is 33.6 Å². The maximum atomic E-state index is 13.0. The number of rotatable bonds is 5. The van der Waals surface area contributed by atoms with Crippen LogP contribution in [0.3, 0.4) is 0 Å². The number of thiophene rings is 1. The summed E-state index contributed by atoms with van der Waals surface area (Å²) in [5.41, 5.74) is 3.21. The fraction of sp³-hybridized carbons (Fsp3) is 0.0870. The van der Waals surface area contributed by atoms with Gasteiger partial charge in [-0.15, -0.1) is 22.7 Å². The molecular weight excluding hydrogens is 398 g/mol. The van der Waals surface area contributed by atoms with E-state index in [0.717, 1.165) is 32.4 Å². The van der Waals surface area contributed by atoms with E-state index in [4.69, 9.17) is 4.98 Å². The number of benzene rings is 2. The highest BCUT2D eigenvalue weighted by atomic mass is 32.1. The van der Waals surface area contributed by atoms with Gasteiger partial charge in [0, 0.05) is 16.7 Å². The third-order valence-corrected chi connectivity index (χ3v) is 6.70. The summed E-state index contributed by atoms with van der Waals surface area (Å²) in [5, 5.41) is 3.74. The molecule has 3 aromatic heterocycles. The fourth-order valence-electron chi connectivity index (χ4n) is 3.26. The molecule has 0 amide bonds. The van der Waals surface area contributed by atoms with Crippen molar-refractivity contribution < 1.29 is 0 Å². The SMILES string of the molecule is O=c1c2cc(-c3ccccc3)sc2ncn1Cc1csc(Cc2ccccc2)n1. The van der Waals surface area contributed by atoms with Gasteiger partial charge < -0.3 is 0 Å². The number of hydrogen-bond donors (Lipinski definition) is 0. The lowest BCUT2D eigenvalue weighted by molar-refractivity contribution is 0.732. The van der Waals surface area contributed by atoms with Crippen molar-refractivity contribution in [1.29, 1.82) is 0 Å². The Balaban J connectivity index is 1.41. The lowest BCUT2D eigenvalue weighted by Crippen LogP contribution is -2.20. The molecule has 0 radical (unpaired) electrons. The highest BCUT2D eigenvalue weighted by molar-refractivity contribution is 7.21. The maximum absolute atomic E-state index is 13.0. The normalized spacial score (nSPS) is 11.2. The predicted octanol–water partition coefficient (Wildman–Crippen LogP) is 5.22. The molecule has 0 N–H and O–H groups in total. The number of nitrogens with zero attached hydrogens (tertiary/aromatic N) is 3. The van der Waals surface area contributed by atoms with Crippen molar-refractivity contribution in [2.45, 2.75) is 13.0 Å². The maximum Gasteiger partial charge on any atom is 0.262 e. The Morgan fingerprint density at radius 2 is 1.72 bits per heavy atom. The monoisotopic (exact) mass is 415 g/mol. The first-order valence-electron chi connectivity index (χ1n) is 9.28. The molecule has 0 aliphatic heterocycles. The van der Waals surface area contributed by atoms with Crippen molar-refractivity contribution in [2.24, 2.45) is 0 Å². The minimum Gasteiger partial charge on any atom is -0.293 e. The van der Waals surface area contributed by atoms with Crippen LogP contribution in [0.2, 0.25) is 0 Å². The topological polar surface area (TPSA) is 47.8 Å². The molecule has 5 aromatic rings. The second-order valence-electron chi connectivity index (χ2n) is 6.77. The van der Waals surface area contributed by atoms with E-state index in [9.17, 15) is 4.79 Å². The molecule has 2 aromatic carbocycles. The van der Waals surface area contributed by atoms with Crippen LogP contribution in [0.5, 0.6) is 0 Å². The van der Waals surface area contributed by atoms with Crippen LogP contribution < -0.4 is 5.56 Å². The number of hydrogen-bond acceptors (Lipinski definition) is 5. The van der Waals surface area contributed by atoms with E-state index in [1.807, 2.05) is 60.0 Å². The average molecular weight is 416 g/mol. The van der Waals surface area contributed by atoms with E-state index in [2.05, 4.69) is 17.1 Å². The van der Waals surface area contributed by atoms with E-state index >= 15 is 0 Å². The molecular formula is C23H17N3OS2. The van der Waals surface area contributed by atoms with Crippen LogP contribution in [0.15, 0.2) is 83.2 Å². The van der Waals surface area contributed by atoms with Gasteiger partial charge in [-0.1, -0.05) is 60.7 Å². The molecule has 0 unspecified atom stereocenters. The standard InChI is InChI=1S/C23H17N3OS2/c27-23-19-12-20(17-9-5-2-6-10-17)29-22(19)24-15-26(23)13-18-14-28-21(25-18)11-16-7-3-1-4-8-16/h1-10,12,14-15H,11,13H2. The van der Waals surface area contributed by atoms with Gasteiger partial charge in [0.05, 0.1) is 29.0 Å². The van der Waals surface area contributed by atoms with Gasteiger partial charge in [-0.05, 0) is 17.2 Å². The Kier molecular flexibility index (Phi) is 4.79. The third kappa shape index (κ3) is 3.77. The van der Waals surface area contributed by atoms with Gasteiger partial charge >= 0.3 is 0 Å². The molecule has 29 heavy (non-hydrogen) atoms. The number of aromatic nitrogens is 3. The molecule has 0 bridgehead atoms. The lowest BCUT2D eigenvalue weighted by Gasteiger charge is -2.02. The van der Waals surface area contributed by atoms with Crippen LogP contribution in [0.1, 0.15) is 16.3 Å². The molecule has 0 fully saturated rings. The highest BCUT2D eigenvalue weighted by Crippen LogP contribution is 2.30. The van der Waals surface area contributed by atoms with Crippen LogP contribution in [0.25, 0.3) is 20.7 Å². The van der Waals surface area contributed by atoms with Gasteiger partial charge in [-0.3, -0.25) is 9.36 Å². The van der Waals surface area contributed by atoms with E-state index in [0.29, 0.717) is 11.9 Å². The molecule has 4 nitrogen and oxygen atoms in total. The number of fused-ring (bicyclic) bond motifs is 1. The molecule has 142 valence electrons. The molecule has 3 heterocycles. The highest BCUT2D eigenvalue weighted by Gasteiger charge is 2.12. The van der Waals surface area contributed by atoms with Gasteiger partial charge in [-0.25, -0.2) is 9.97 Å². The van der Waals surface area contributed by atoms with Crippen molar-refractivity contribution in [3.8, 4) is 10.4 Å².